The minimum Gasteiger partial charge on any atom is -0.507 e. The van der Waals surface area contributed by atoms with Crippen LogP contribution in [0.5, 0.6) is 5.75 Å². The highest BCUT2D eigenvalue weighted by Gasteiger charge is 2.25. The third kappa shape index (κ3) is 5.96. The summed E-state index contributed by atoms with van der Waals surface area (Å²) in [5.41, 5.74) is 4.02. The van der Waals surface area contributed by atoms with Gasteiger partial charge < -0.3 is 19.9 Å². The van der Waals surface area contributed by atoms with Crippen molar-refractivity contribution in [3.8, 4) is 5.75 Å². The number of hydrogen-bond acceptors (Lipinski definition) is 3. The predicted molar refractivity (Wildman–Crippen MR) is 145 cm³/mol. The molecule has 2 aromatic carbocycles. The number of fused-ring (bicyclic) bond motifs is 1. The molecule has 1 saturated heterocycles. The number of hydrogen-bond donors (Lipinski definition) is 2. The Morgan fingerprint density at radius 2 is 1.85 bits per heavy atom. The number of aromatic hydroxyl groups is 1. The zero-order valence-corrected chi connectivity index (χ0v) is 22.4. The number of unbranched alkanes of at least 4 members (excludes halogenated alkanes) is 1. The van der Waals surface area contributed by atoms with Crippen LogP contribution in [0.15, 0.2) is 46.9 Å². The van der Waals surface area contributed by atoms with Crippen molar-refractivity contribution >= 4 is 45.1 Å². The number of aromatic nitrogens is 1. The van der Waals surface area contributed by atoms with Gasteiger partial charge in [0.05, 0.1) is 15.6 Å². The molecule has 0 radical (unpaired) electrons. The summed E-state index contributed by atoms with van der Waals surface area (Å²) in [6, 6.07) is 14.4. The second-order valence-electron chi connectivity index (χ2n) is 9.11. The third-order valence-electron chi connectivity index (χ3n) is 6.84. The zero-order chi connectivity index (χ0) is 23.4. The SMILES string of the molecule is CCCCn1c(C)c(C(=O)NC2CCN(CCc3ccccc3)CC2)c2cc(O)c(Br)cc21.Cl. The molecular formula is C27H35BrClN3O2. The monoisotopic (exact) mass is 547 g/mol. The van der Waals surface area contributed by atoms with Crippen LogP contribution in [-0.2, 0) is 13.0 Å². The first-order valence-electron chi connectivity index (χ1n) is 12.1. The first-order valence-corrected chi connectivity index (χ1v) is 12.9. The number of phenolic OH excluding ortho intramolecular Hbond substituents is 1. The quantitative estimate of drug-likeness (QED) is 0.359. The highest BCUT2D eigenvalue weighted by molar-refractivity contribution is 9.10. The lowest BCUT2D eigenvalue weighted by Crippen LogP contribution is -2.45. The molecule has 2 heterocycles. The maximum atomic E-state index is 13.4. The molecule has 2 N–H and O–H groups in total. The van der Waals surface area contributed by atoms with Crippen molar-refractivity contribution in [2.24, 2.45) is 0 Å². The summed E-state index contributed by atoms with van der Waals surface area (Å²) in [5.74, 6) is 0.133. The summed E-state index contributed by atoms with van der Waals surface area (Å²) < 4.78 is 2.87. The van der Waals surface area contributed by atoms with Gasteiger partial charge in [-0.3, -0.25) is 4.79 Å². The molecule has 4 rings (SSSR count). The number of aryl methyl sites for hydroxylation is 1. The van der Waals surface area contributed by atoms with E-state index in [9.17, 15) is 9.90 Å². The Morgan fingerprint density at radius 3 is 2.53 bits per heavy atom. The summed E-state index contributed by atoms with van der Waals surface area (Å²) >= 11 is 3.43. The molecular weight excluding hydrogens is 514 g/mol. The molecule has 1 aliphatic heterocycles. The number of nitrogens with zero attached hydrogens (tertiary/aromatic N) is 2. The van der Waals surface area contributed by atoms with Gasteiger partial charge in [0, 0.05) is 43.3 Å². The lowest BCUT2D eigenvalue weighted by Gasteiger charge is -2.32. The molecule has 0 saturated carbocycles. The summed E-state index contributed by atoms with van der Waals surface area (Å²) in [6.07, 6.45) is 5.12. The van der Waals surface area contributed by atoms with E-state index in [1.807, 2.05) is 13.0 Å². The van der Waals surface area contributed by atoms with E-state index in [-0.39, 0.29) is 30.1 Å². The van der Waals surface area contributed by atoms with Gasteiger partial charge in [0.25, 0.3) is 5.91 Å². The highest BCUT2D eigenvalue weighted by Crippen LogP contribution is 2.34. The van der Waals surface area contributed by atoms with Crippen LogP contribution >= 0.6 is 28.3 Å². The average Bonchev–Trinajstić information content (AvgIpc) is 3.08. The molecule has 7 heteroatoms. The van der Waals surface area contributed by atoms with Gasteiger partial charge in [-0.25, -0.2) is 0 Å². The van der Waals surface area contributed by atoms with Crippen molar-refractivity contribution in [2.75, 3.05) is 19.6 Å². The number of nitrogens with one attached hydrogen (secondary N) is 1. The van der Waals surface area contributed by atoms with Gasteiger partial charge in [-0.15, -0.1) is 12.4 Å². The Labute approximate surface area is 217 Å². The Balaban J connectivity index is 0.00000324. The van der Waals surface area contributed by atoms with Crippen LogP contribution in [0.3, 0.4) is 0 Å². The van der Waals surface area contributed by atoms with Gasteiger partial charge in [-0.05, 0) is 66.2 Å². The number of carbonyl (C=O) groups is 1. The van der Waals surface area contributed by atoms with Crippen LogP contribution in [-0.4, -0.2) is 46.2 Å². The topological polar surface area (TPSA) is 57.5 Å². The molecule has 1 aliphatic rings. The molecule has 0 spiro atoms. The van der Waals surface area contributed by atoms with Crippen LogP contribution in [0.25, 0.3) is 10.9 Å². The molecule has 0 atom stereocenters. The maximum Gasteiger partial charge on any atom is 0.253 e. The third-order valence-corrected chi connectivity index (χ3v) is 7.47. The molecule has 5 nitrogen and oxygen atoms in total. The van der Waals surface area contributed by atoms with E-state index in [1.54, 1.807) is 6.07 Å². The van der Waals surface area contributed by atoms with E-state index in [0.717, 1.165) is 74.9 Å². The van der Waals surface area contributed by atoms with E-state index in [1.165, 1.54) is 5.56 Å². The van der Waals surface area contributed by atoms with Crippen molar-refractivity contribution in [2.45, 2.75) is 58.5 Å². The molecule has 1 amide bonds. The molecule has 1 fully saturated rings. The van der Waals surface area contributed by atoms with Crippen LogP contribution in [0, 0.1) is 6.92 Å². The van der Waals surface area contributed by atoms with Crippen LogP contribution in [0.4, 0.5) is 0 Å². The number of amides is 1. The van der Waals surface area contributed by atoms with E-state index in [0.29, 0.717) is 10.0 Å². The Morgan fingerprint density at radius 1 is 1.15 bits per heavy atom. The van der Waals surface area contributed by atoms with Crippen molar-refractivity contribution in [1.29, 1.82) is 0 Å². The highest BCUT2D eigenvalue weighted by atomic mass is 79.9. The fourth-order valence-corrected chi connectivity index (χ4v) is 5.20. The summed E-state index contributed by atoms with van der Waals surface area (Å²) in [4.78, 5) is 15.9. The van der Waals surface area contributed by atoms with Gasteiger partial charge >= 0.3 is 0 Å². The molecule has 1 aromatic heterocycles. The van der Waals surface area contributed by atoms with Crippen LogP contribution < -0.4 is 5.32 Å². The second kappa shape index (κ2) is 12.1. The minimum absolute atomic E-state index is 0. The Bertz CT molecular complexity index is 1110. The van der Waals surface area contributed by atoms with Crippen LogP contribution in [0.1, 0.15) is 54.2 Å². The van der Waals surface area contributed by atoms with Crippen molar-refractivity contribution in [1.82, 2.24) is 14.8 Å². The Hall–Kier alpha value is -2.02. The summed E-state index contributed by atoms with van der Waals surface area (Å²) in [7, 11) is 0. The molecule has 0 aliphatic carbocycles. The number of halogens is 2. The molecule has 34 heavy (non-hydrogen) atoms. The van der Waals surface area contributed by atoms with Gasteiger partial charge in [-0.2, -0.15) is 0 Å². The smallest absolute Gasteiger partial charge is 0.253 e. The minimum atomic E-state index is -0.0304. The van der Waals surface area contributed by atoms with E-state index in [2.05, 4.69) is 68.0 Å². The summed E-state index contributed by atoms with van der Waals surface area (Å²) in [6.45, 7) is 8.11. The van der Waals surface area contributed by atoms with E-state index >= 15 is 0 Å². The van der Waals surface area contributed by atoms with Gasteiger partial charge in [0.1, 0.15) is 5.75 Å². The lowest BCUT2D eigenvalue weighted by atomic mass is 10.0. The number of benzene rings is 2. The number of carbonyl (C=O) groups excluding carboxylic acids is 1. The molecule has 3 aromatic rings. The molecule has 0 bridgehead atoms. The fraction of sp³-hybridized carbons (Fsp3) is 0.444. The van der Waals surface area contributed by atoms with Crippen molar-refractivity contribution in [3.63, 3.8) is 0 Å². The lowest BCUT2D eigenvalue weighted by molar-refractivity contribution is 0.0912. The summed E-state index contributed by atoms with van der Waals surface area (Å²) in [5, 5.41) is 14.4. The average molecular weight is 549 g/mol. The largest absolute Gasteiger partial charge is 0.507 e. The van der Waals surface area contributed by atoms with Crippen molar-refractivity contribution < 1.29 is 9.90 Å². The predicted octanol–water partition coefficient (Wildman–Crippen LogP) is 6.08. The number of rotatable bonds is 8. The molecule has 184 valence electrons. The second-order valence-corrected chi connectivity index (χ2v) is 9.97. The normalized spacial score (nSPS) is 14.8. The van der Waals surface area contributed by atoms with Gasteiger partial charge in [0.15, 0.2) is 0 Å². The maximum absolute atomic E-state index is 13.4. The van der Waals surface area contributed by atoms with E-state index in [4.69, 9.17) is 0 Å². The first kappa shape index (κ1) is 26.6. The molecule has 0 unspecified atom stereocenters. The fourth-order valence-electron chi connectivity index (χ4n) is 4.87. The van der Waals surface area contributed by atoms with Gasteiger partial charge in [0.2, 0.25) is 0 Å². The van der Waals surface area contributed by atoms with Crippen molar-refractivity contribution in [3.05, 3.63) is 63.8 Å². The first-order chi connectivity index (χ1) is 16.0. The standard InChI is InChI=1S/C27H34BrN3O2.ClH/c1-3-4-13-31-19(2)26(22-17-25(32)23(28)18-24(22)31)27(33)29-21-11-15-30(16-12-21)14-10-20-8-6-5-7-9-20;/h5-9,17-18,21,32H,3-4,10-16H2,1-2H3,(H,29,33);1H. The van der Waals surface area contributed by atoms with E-state index < -0.39 is 0 Å². The zero-order valence-electron chi connectivity index (χ0n) is 20.0. The number of piperidine rings is 1. The number of likely N-dealkylation sites (tertiary alicyclic amines) is 1. The van der Waals surface area contributed by atoms with Crippen LogP contribution in [0.2, 0.25) is 0 Å². The Kier molecular flexibility index (Phi) is 9.46. The van der Waals surface area contributed by atoms with Gasteiger partial charge in [-0.1, -0.05) is 43.7 Å². The number of phenols is 1.